The van der Waals surface area contributed by atoms with Crippen molar-refractivity contribution >= 4 is 33.4 Å². The SMILES string of the molecule is CC(CBr)CNC(=O)c1cccc(F)c1Cl. The van der Waals surface area contributed by atoms with Gasteiger partial charge < -0.3 is 5.32 Å². The van der Waals surface area contributed by atoms with Crippen LogP contribution in [0.3, 0.4) is 0 Å². The third-order valence-electron chi connectivity index (χ3n) is 2.07. The van der Waals surface area contributed by atoms with Crippen LogP contribution in [0.25, 0.3) is 0 Å². The zero-order valence-electron chi connectivity index (χ0n) is 8.77. The summed E-state index contributed by atoms with van der Waals surface area (Å²) < 4.78 is 13.1. The van der Waals surface area contributed by atoms with Gasteiger partial charge in [0.15, 0.2) is 0 Å². The van der Waals surface area contributed by atoms with E-state index >= 15 is 0 Å². The molecule has 0 aliphatic carbocycles. The number of hydrogen-bond donors (Lipinski definition) is 1. The molecule has 1 N–H and O–H groups in total. The Kier molecular flexibility index (Phi) is 5.22. The molecule has 0 saturated heterocycles. The largest absolute Gasteiger partial charge is 0.352 e. The summed E-state index contributed by atoms with van der Waals surface area (Å²) in [5.74, 6) is -0.614. The highest BCUT2D eigenvalue weighted by Gasteiger charge is 2.13. The van der Waals surface area contributed by atoms with Gasteiger partial charge in [0.2, 0.25) is 0 Å². The fourth-order valence-corrected chi connectivity index (χ4v) is 1.54. The Labute approximate surface area is 107 Å². The maximum absolute atomic E-state index is 13.1. The van der Waals surface area contributed by atoms with Crippen LogP contribution in [0.15, 0.2) is 18.2 Å². The molecular weight excluding hydrogens is 296 g/mol. The van der Waals surface area contributed by atoms with Crippen molar-refractivity contribution in [1.82, 2.24) is 5.32 Å². The number of alkyl halides is 1. The molecule has 2 nitrogen and oxygen atoms in total. The number of hydrogen-bond acceptors (Lipinski definition) is 1. The fourth-order valence-electron chi connectivity index (χ4n) is 1.10. The minimum Gasteiger partial charge on any atom is -0.352 e. The summed E-state index contributed by atoms with van der Waals surface area (Å²) in [6.45, 7) is 2.51. The van der Waals surface area contributed by atoms with Gasteiger partial charge in [-0.1, -0.05) is 40.5 Å². The van der Waals surface area contributed by atoms with Crippen molar-refractivity contribution in [2.24, 2.45) is 5.92 Å². The average molecular weight is 309 g/mol. The van der Waals surface area contributed by atoms with Crippen molar-refractivity contribution in [3.05, 3.63) is 34.6 Å². The second-order valence-electron chi connectivity index (χ2n) is 3.57. The van der Waals surface area contributed by atoms with E-state index in [0.29, 0.717) is 12.5 Å². The maximum atomic E-state index is 13.1. The van der Waals surface area contributed by atoms with Crippen molar-refractivity contribution < 1.29 is 9.18 Å². The molecule has 0 aliphatic heterocycles. The molecule has 0 radical (unpaired) electrons. The number of halogens is 3. The van der Waals surface area contributed by atoms with Crippen molar-refractivity contribution in [2.45, 2.75) is 6.92 Å². The lowest BCUT2D eigenvalue weighted by Gasteiger charge is -2.10. The van der Waals surface area contributed by atoms with Crippen LogP contribution >= 0.6 is 27.5 Å². The molecule has 1 rings (SSSR count). The summed E-state index contributed by atoms with van der Waals surface area (Å²) in [7, 11) is 0. The molecule has 16 heavy (non-hydrogen) atoms. The van der Waals surface area contributed by atoms with Gasteiger partial charge in [0.05, 0.1) is 10.6 Å². The number of amides is 1. The molecule has 1 aromatic rings. The number of benzene rings is 1. The van der Waals surface area contributed by atoms with Gasteiger partial charge in [-0.15, -0.1) is 0 Å². The van der Waals surface area contributed by atoms with Crippen LogP contribution in [0.4, 0.5) is 4.39 Å². The lowest BCUT2D eigenvalue weighted by Crippen LogP contribution is -2.29. The number of carbonyl (C=O) groups excluding carboxylic acids is 1. The Bertz CT molecular complexity index is 386. The van der Waals surface area contributed by atoms with Gasteiger partial charge in [-0.05, 0) is 18.1 Å². The molecule has 0 heterocycles. The normalized spacial score (nSPS) is 12.2. The molecule has 0 fully saturated rings. The van der Waals surface area contributed by atoms with Crippen LogP contribution in [0, 0.1) is 11.7 Å². The summed E-state index contributed by atoms with van der Waals surface area (Å²) in [5.41, 5.74) is 0.170. The minimum absolute atomic E-state index is 0.133. The molecule has 1 aromatic carbocycles. The summed E-state index contributed by atoms with van der Waals surface area (Å²) in [5, 5.41) is 3.36. The van der Waals surface area contributed by atoms with E-state index in [-0.39, 0.29) is 16.5 Å². The van der Waals surface area contributed by atoms with Gasteiger partial charge in [0.25, 0.3) is 5.91 Å². The van der Waals surface area contributed by atoms with E-state index < -0.39 is 5.82 Å². The first-order valence-corrected chi connectivity index (χ1v) is 6.34. The van der Waals surface area contributed by atoms with E-state index in [1.54, 1.807) is 0 Å². The van der Waals surface area contributed by atoms with Crippen molar-refractivity contribution in [3.63, 3.8) is 0 Å². The van der Waals surface area contributed by atoms with E-state index in [1.807, 2.05) is 6.92 Å². The average Bonchev–Trinajstić information content (AvgIpc) is 2.29. The zero-order chi connectivity index (χ0) is 12.1. The molecule has 0 saturated carbocycles. The predicted octanol–water partition coefficient (Wildman–Crippen LogP) is 3.24. The summed E-state index contributed by atoms with van der Waals surface area (Å²) in [6, 6.07) is 4.18. The Morgan fingerprint density at radius 3 is 2.94 bits per heavy atom. The van der Waals surface area contributed by atoms with Gasteiger partial charge in [0.1, 0.15) is 5.82 Å². The molecule has 88 valence electrons. The zero-order valence-corrected chi connectivity index (χ0v) is 11.1. The summed E-state index contributed by atoms with van der Waals surface area (Å²) in [4.78, 5) is 11.7. The van der Waals surface area contributed by atoms with Crippen LogP contribution in [0.1, 0.15) is 17.3 Å². The first-order valence-electron chi connectivity index (χ1n) is 4.84. The van der Waals surface area contributed by atoms with Crippen LogP contribution in [0.2, 0.25) is 5.02 Å². The Hall–Kier alpha value is -0.610. The van der Waals surface area contributed by atoms with Crippen LogP contribution in [-0.2, 0) is 0 Å². The van der Waals surface area contributed by atoms with E-state index in [2.05, 4.69) is 21.2 Å². The second kappa shape index (κ2) is 6.21. The smallest absolute Gasteiger partial charge is 0.252 e. The summed E-state index contributed by atoms with van der Waals surface area (Å²) >= 11 is 9.00. The Morgan fingerprint density at radius 2 is 2.31 bits per heavy atom. The lowest BCUT2D eigenvalue weighted by atomic mass is 10.2. The third-order valence-corrected chi connectivity index (χ3v) is 3.56. The third kappa shape index (κ3) is 3.46. The minimum atomic E-state index is -0.581. The monoisotopic (exact) mass is 307 g/mol. The van der Waals surface area contributed by atoms with E-state index in [9.17, 15) is 9.18 Å². The Morgan fingerprint density at radius 1 is 1.62 bits per heavy atom. The second-order valence-corrected chi connectivity index (χ2v) is 4.60. The highest BCUT2D eigenvalue weighted by Crippen LogP contribution is 2.19. The van der Waals surface area contributed by atoms with Crippen LogP contribution < -0.4 is 5.32 Å². The van der Waals surface area contributed by atoms with Crippen LogP contribution in [0.5, 0.6) is 0 Å². The van der Waals surface area contributed by atoms with Gasteiger partial charge in [0, 0.05) is 11.9 Å². The summed E-state index contributed by atoms with van der Waals surface area (Å²) in [6.07, 6.45) is 0. The molecule has 0 aromatic heterocycles. The fraction of sp³-hybridized carbons (Fsp3) is 0.364. The molecule has 1 unspecified atom stereocenters. The van der Waals surface area contributed by atoms with Gasteiger partial charge >= 0.3 is 0 Å². The highest BCUT2D eigenvalue weighted by atomic mass is 79.9. The molecule has 0 aliphatic rings. The first kappa shape index (κ1) is 13.5. The highest BCUT2D eigenvalue weighted by molar-refractivity contribution is 9.09. The molecule has 0 spiro atoms. The topological polar surface area (TPSA) is 29.1 Å². The number of carbonyl (C=O) groups is 1. The van der Waals surface area contributed by atoms with Crippen LogP contribution in [-0.4, -0.2) is 17.8 Å². The van der Waals surface area contributed by atoms with Gasteiger partial charge in [-0.25, -0.2) is 4.39 Å². The standard InChI is InChI=1S/C11H12BrClFNO/c1-7(5-12)6-15-11(16)8-3-2-4-9(14)10(8)13/h2-4,7H,5-6H2,1H3,(H,15,16). The van der Waals surface area contributed by atoms with Gasteiger partial charge in [-0.2, -0.15) is 0 Å². The number of nitrogens with one attached hydrogen (secondary N) is 1. The van der Waals surface area contributed by atoms with Crippen molar-refractivity contribution in [2.75, 3.05) is 11.9 Å². The van der Waals surface area contributed by atoms with E-state index in [1.165, 1.54) is 18.2 Å². The Balaban J connectivity index is 2.70. The van der Waals surface area contributed by atoms with Gasteiger partial charge in [-0.3, -0.25) is 4.79 Å². The molecule has 1 amide bonds. The molecule has 5 heteroatoms. The molecule has 0 bridgehead atoms. The molecule has 1 atom stereocenters. The van der Waals surface area contributed by atoms with Crippen molar-refractivity contribution in [1.29, 1.82) is 0 Å². The predicted molar refractivity (Wildman–Crippen MR) is 66.7 cm³/mol. The quantitative estimate of drug-likeness (QED) is 0.850. The van der Waals surface area contributed by atoms with Crippen molar-refractivity contribution in [3.8, 4) is 0 Å². The number of rotatable bonds is 4. The molecular formula is C11H12BrClFNO. The van der Waals surface area contributed by atoms with E-state index in [4.69, 9.17) is 11.6 Å². The maximum Gasteiger partial charge on any atom is 0.252 e. The lowest BCUT2D eigenvalue weighted by molar-refractivity contribution is 0.0949. The first-order chi connectivity index (χ1) is 7.56. The van der Waals surface area contributed by atoms with E-state index in [0.717, 1.165) is 5.33 Å².